The molecule has 7 nitrogen and oxygen atoms in total. The summed E-state index contributed by atoms with van der Waals surface area (Å²) < 4.78 is 14.7. The molecule has 0 spiro atoms. The molecule has 0 atom stereocenters. The van der Waals surface area contributed by atoms with Crippen molar-refractivity contribution < 1.29 is 4.39 Å². The van der Waals surface area contributed by atoms with Crippen molar-refractivity contribution in [3.8, 4) is 5.95 Å². The van der Waals surface area contributed by atoms with Gasteiger partial charge in [0.05, 0.1) is 17.1 Å². The van der Waals surface area contributed by atoms with Crippen LogP contribution >= 0.6 is 0 Å². The molecule has 0 saturated heterocycles. The number of pyridine rings is 1. The molecule has 8 heteroatoms. The van der Waals surface area contributed by atoms with Crippen molar-refractivity contribution in [2.24, 2.45) is 0 Å². The maximum Gasteiger partial charge on any atom is 0.277 e. The number of benzene rings is 1. The summed E-state index contributed by atoms with van der Waals surface area (Å²) in [4.78, 5) is 24.9. The van der Waals surface area contributed by atoms with Crippen molar-refractivity contribution in [3.05, 3.63) is 112 Å². The van der Waals surface area contributed by atoms with Crippen LogP contribution in [0.1, 0.15) is 33.8 Å². The third-order valence-corrected chi connectivity index (χ3v) is 5.39. The summed E-state index contributed by atoms with van der Waals surface area (Å²) in [5.41, 5.74) is 4.60. The van der Waals surface area contributed by atoms with Crippen molar-refractivity contribution >= 4 is 12.2 Å². The van der Waals surface area contributed by atoms with Gasteiger partial charge in [0, 0.05) is 31.0 Å². The number of hydrogen-bond acceptors (Lipinski definition) is 4. The second kappa shape index (κ2) is 10.1. The minimum atomic E-state index is -0.280. The van der Waals surface area contributed by atoms with Crippen molar-refractivity contribution in [1.29, 1.82) is 0 Å². The Kier molecular flexibility index (Phi) is 6.75. The van der Waals surface area contributed by atoms with Gasteiger partial charge in [-0.3, -0.25) is 14.9 Å². The average molecular weight is 445 g/mol. The fourth-order valence-electron chi connectivity index (χ4n) is 3.63. The highest BCUT2D eigenvalue weighted by atomic mass is 19.1. The molecule has 4 aromatic rings. The van der Waals surface area contributed by atoms with Gasteiger partial charge in [0.1, 0.15) is 5.82 Å². The molecule has 0 amide bonds. The number of rotatable bonds is 10. The molecular formula is C25H25FN6O. The summed E-state index contributed by atoms with van der Waals surface area (Å²) in [6.07, 6.45) is 7.84. The Morgan fingerprint density at radius 3 is 2.42 bits per heavy atom. The first kappa shape index (κ1) is 22.2. The molecule has 0 aliphatic heterocycles. The second-order valence-electron chi connectivity index (χ2n) is 7.56. The van der Waals surface area contributed by atoms with Gasteiger partial charge in [-0.05, 0) is 60.4 Å². The summed E-state index contributed by atoms with van der Waals surface area (Å²) in [6, 6.07) is 10.2. The summed E-state index contributed by atoms with van der Waals surface area (Å²) in [5, 5.41) is 6.56. The monoisotopic (exact) mass is 444 g/mol. The SMILES string of the molecule is C=Cc1nc(-n2[nH]c(CNCc3ccncc3)c(CCc3ccc(F)cc3)c2=O)[nH]c1C=C. The second-order valence-corrected chi connectivity index (χ2v) is 7.56. The van der Waals surface area contributed by atoms with E-state index in [1.807, 2.05) is 12.1 Å². The highest BCUT2D eigenvalue weighted by Gasteiger charge is 2.18. The fourth-order valence-corrected chi connectivity index (χ4v) is 3.63. The number of imidazole rings is 1. The van der Waals surface area contributed by atoms with Crippen LogP contribution in [0, 0.1) is 5.82 Å². The molecule has 1 aromatic carbocycles. The molecule has 0 bridgehead atoms. The Labute approximate surface area is 190 Å². The standard InChI is InChI=1S/C25H25FN6O/c1-3-21-22(4-2)30-25(29-21)32-24(33)20(10-7-17-5-8-19(26)9-6-17)23(31-32)16-28-15-18-11-13-27-14-12-18/h3-6,8-9,11-14,28,31H,1-2,7,10,15-16H2,(H,29,30). The first-order valence-electron chi connectivity index (χ1n) is 10.6. The van der Waals surface area contributed by atoms with Crippen LogP contribution in [0.25, 0.3) is 18.1 Å². The van der Waals surface area contributed by atoms with Crippen molar-refractivity contribution in [1.82, 2.24) is 30.0 Å². The Morgan fingerprint density at radius 2 is 1.76 bits per heavy atom. The van der Waals surface area contributed by atoms with Crippen LogP contribution in [0.4, 0.5) is 4.39 Å². The summed E-state index contributed by atoms with van der Waals surface area (Å²) >= 11 is 0. The van der Waals surface area contributed by atoms with E-state index in [4.69, 9.17) is 0 Å². The predicted octanol–water partition coefficient (Wildman–Crippen LogP) is 3.78. The van der Waals surface area contributed by atoms with Crippen LogP contribution in [0.5, 0.6) is 0 Å². The molecule has 0 saturated carbocycles. The van der Waals surface area contributed by atoms with Crippen molar-refractivity contribution in [3.63, 3.8) is 0 Å². The van der Waals surface area contributed by atoms with E-state index in [9.17, 15) is 9.18 Å². The van der Waals surface area contributed by atoms with Gasteiger partial charge in [0.25, 0.3) is 5.56 Å². The van der Waals surface area contributed by atoms with Gasteiger partial charge in [-0.2, -0.15) is 4.68 Å². The third kappa shape index (κ3) is 5.07. The van der Waals surface area contributed by atoms with Gasteiger partial charge in [0.15, 0.2) is 0 Å². The number of aryl methyl sites for hydroxylation is 1. The van der Waals surface area contributed by atoms with Gasteiger partial charge >= 0.3 is 0 Å². The zero-order chi connectivity index (χ0) is 23.2. The van der Waals surface area contributed by atoms with E-state index < -0.39 is 0 Å². The van der Waals surface area contributed by atoms with Gasteiger partial charge in [-0.15, -0.1) is 0 Å². The third-order valence-electron chi connectivity index (χ3n) is 5.39. The Morgan fingerprint density at radius 1 is 1.00 bits per heavy atom. The zero-order valence-electron chi connectivity index (χ0n) is 18.1. The number of aromatic nitrogens is 5. The molecule has 168 valence electrons. The molecule has 3 aromatic heterocycles. The lowest BCUT2D eigenvalue weighted by Gasteiger charge is -2.06. The topological polar surface area (TPSA) is 91.4 Å². The number of aromatic amines is 2. The number of nitrogens with zero attached hydrogens (tertiary/aromatic N) is 3. The van der Waals surface area contributed by atoms with E-state index in [0.29, 0.717) is 48.8 Å². The van der Waals surface area contributed by atoms with E-state index in [-0.39, 0.29) is 11.4 Å². The van der Waals surface area contributed by atoms with E-state index in [0.717, 1.165) is 16.8 Å². The molecule has 0 aliphatic rings. The molecular weight excluding hydrogens is 419 g/mol. The normalized spacial score (nSPS) is 10.9. The van der Waals surface area contributed by atoms with Gasteiger partial charge in [-0.25, -0.2) is 9.37 Å². The summed E-state index contributed by atoms with van der Waals surface area (Å²) in [5.74, 6) is 0.0887. The minimum Gasteiger partial charge on any atom is -0.322 e. The molecule has 0 unspecified atom stereocenters. The molecule has 3 heterocycles. The lowest BCUT2D eigenvalue weighted by atomic mass is 10.0. The summed E-state index contributed by atoms with van der Waals surface area (Å²) in [6.45, 7) is 8.63. The van der Waals surface area contributed by atoms with E-state index in [1.54, 1.807) is 36.7 Å². The molecule has 3 N–H and O–H groups in total. The van der Waals surface area contributed by atoms with Gasteiger partial charge < -0.3 is 10.3 Å². The largest absolute Gasteiger partial charge is 0.322 e. The van der Waals surface area contributed by atoms with Crippen LogP contribution in [0.2, 0.25) is 0 Å². The number of hydrogen-bond donors (Lipinski definition) is 3. The summed E-state index contributed by atoms with van der Waals surface area (Å²) in [7, 11) is 0. The quantitative estimate of drug-likeness (QED) is 0.347. The van der Waals surface area contributed by atoms with Gasteiger partial charge in [0.2, 0.25) is 5.95 Å². The van der Waals surface area contributed by atoms with E-state index in [1.165, 1.54) is 16.8 Å². The zero-order valence-corrected chi connectivity index (χ0v) is 18.1. The first-order valence-corrected chi connectivity index (χ1v) is 10.6. The van der Waals surface area contributed by atoms with Crippen LogP contribution < -0.4 is 10.9 Å². The Hall–Kier alpha value is -4.04. The minimum absolute atomic E-state index is 0.183. The van der Waals surface area contributed by atoms with E-state index >= 15 is 0 Å². The van der Waals surface area contributed by atoms with Crippen LogP contribution in [0.15, 0.2) is 66.7 Å². The van der Waals surface area contributed by atoms with Gasteiger partial charge in [-0.1, -0.05) is 25.3 Å². The lowest BCUT2D eigenvalue weighted by molar-refractivity contribution is 0.627. The lowest BCUT2D eigenvalue weighted by Crippen LogP contribution is -2.19. The molecule has 0 aliphatic carbocycles. The van der Waals surface area contributed by atoms with Crippen LogP contribution in [0.3, 0.4) is 0 Å². The molecule has 0 radical (unpaired) electrons. The molecule has 0 fully saturated rings. The highest BCUT2D eigenvalue weighted by molar-refractivity contribution is 5.58. The Balaban J connectivity index is 1.61. The van der Waals surface area contributed by atoms with Crippen molar-refractivity contribution in [2.75, 3.05) is 0 Å². The molecule has 4 rings (SSSR count). The Bertz CT molecular complexity index is 1280. The highest BCUT2D eigenvalue weighted by Crippen LogP contribution is 2.14. The average Bonchev–Trinajstić information content (AvgIpc) is 3.40. The number of halogens is 1. The smallest absolute Gasteiger partial charge is 0.277 e. The van der Waals surface area contributed by atoms with Crippen LogP contribution in [-0.4, -0.2) is 24.7 Å². The first-order chi connectivity index (χ1) is 16.1. The maximum absolute atomic E-state index is 13.3. The fraction of sp³-hybridized carbons (Fsp3) is 0.160. The van der Waals surface area contributed by atoms with E-state index in [2.05, 4.69) is 38.5 Å². The predicted molar refractivity (Wildman–Crippen MR) is 127 cm³/mol. The van der Waals surface area contributed by atoms with Crippen molar-refractivity contribution in [2.45, 2.75) is 25.9 Å². The number of H-pyrrole nitrogens is 2. The van der Waals surface area contributed by atoms with Crippen LogP contribution in [-0.2, 0) is 25.9 Å². The molecule has 33 heavy (non-hydrogen) atoms. The number of nitrogens with one attached hydrogen (secondary N) is 3. The maximum atomic E-state index is 13.3.